The van der Waals surface area contributed by atoms with Gasteiger partial charge in [0.2, 0.25) is 5.13 Å². The van der Waals surface area contributed by atoms with Gasteiger partial charge in [0.25, 0.3) is 0 Å². The molecule has 0 saturated heterocycles. The second-order valence-electron chi connectivity index (χ2n) is 5.92. The van der Waals surface area contributed by atoms with Crippen LogP contribution in [0.4, 0.5) is 5.13 Å². The molecule has 92 valence electrons. The van der Waals surface area contributed by atoms with Crippen LogP contribution < -0.4 is 5.32 Å². The van der Waals surface area contributed by atoms with E-state index in [0.717, 1.165) is 53.5 Å². The summed E-state index contributed by atoms with van der Waals surface area (Å²) in [6.45, 7) is 2.18. The number of aromatic nitrogens is 2. The monoisotopic (exact) mass is 249 g/mol. The van der Waals surface area contributed by atoms with E-state index in [1.54, 1.807) is 11.5 Å². The van der Waals surface area contributed by atoms with Gasteiger partial charge in [-0.15, -0.1) is 0 Å². The van der Waals surface area contributed by atoms with Gasteiger partial charge in [-0.3, -0.25) is 0 Å². The van der Waals surface area contributed by atoms with Crippen molar-refractivity contribution in [1.29, 1.82) is 0 Å². The van der Waals surface area contributed by atoms with Gasteiger partial charge < -0.3 is 5.32 Å². The normalized spacial score (nSPS) is 41.6. The molecule has 3 aliphatic rings. The third kappa shape index (κ3) is 1.53. The molecule has 4 atom stereocenters. The molecule has 0 aliphatic heterocycles. The zero-order chi connectivity index (χ0) is 11.4. The van der Waals surface area contributed by atoms with Crippen LogP contribution in [-0.2, 0) is 6.42 Å². The summed E-state index contributed by atoms with van der Waals surface area (Å²) in [5.74, 6) is 5.05. The van der Waals surface area contributed by atoms with E-state index in [1.165, 1.54) is 19.3 Å². The van der Waals surface area contributed by atoms with Crippen molar-refractivity contribution in [3.63, 3.8) is 0 Å². The molecule has 4 rings (SSSR count). The highest BCUT2D eigenvalue weighted by Crippen LogP contribution is 2.66. The molecule has 0 aromatic carbocycles. The molecule has 3 aliphatic carbocycles. The minimum absolute atomic E-state index is 0.740. The van der Waals surface area contributed by atoms with Crippen molar-refractivity contribution in [3.8, 4) is 0 Å². The Morgan fingerprint density at radius 1 is 1.29 bits per heavy atom. The molecule has 0 radical (unpaired) electrons. The molecule has 17 heavy (non-hydrogen) atoms. The lowest BCUT2D eigenvalue weighted by Crippen LogP contribution is -2.12. The van der Waals surface area contributed by atoms with E-state index in [-0.39, 0.29) is 0 Å². The minimum Gasteiger partial charge on any atom is -0.357 e. The summed E-state index contributed by atoms with van der Waals surface area (Å²) >= 11 is 1.55. The van der Waals surface area contributed by atoms with Crippen molar-refractivity contribution >= 4 is 16.7 Å². The molecule has 4 unspecified atom stereocenters. The SMILES string of the molecule is CCCc1nsc(NC2C3C4CCC(C4)C23)n1. The van der Waals surface area contributed by atoms with E-state index in [4.69, 9.17) is 0 Å². The highest BCUT2D eigenvalue weighted by molar-refractivity contribution is 7.09. The second-order valence-corrected chi connectivity index (χ2v) is 6.68. The van der Waals surface area contributed by atoms with E-state index >= 15 is 0 Å². The molecule has 1 aromatic heterocycles. The molecule has 0 amide bonds. The predicted octanol–water partition coefficient (Wildman–Crippen LogP) is 2.95. The molecular weight excluding hydrogens is 230 g/mol. The lowest BCUT2D eigenvalue weighted by atomic mass is 10.0. The number of anilines is 1. The number of aryl methyl sites for hydroxylation is 1. The fourth-order valence-corrected chi connectivity index (χ4v) is 4.96. The highest BCUT2D eigenvalue weighted by Gasteiger charge is 2.65. The van der Waals surface area contributed by atoms with E-state index < -0.39 is 0 Å². The first-order valence-electron chi connectivity index (χ1n) is 6.96. The number of hydrogen-bond donors (Lipinski definition) is 1. The lowest BCUT2D eigenvalue weighted by molar-refractivity contribution is 0.456. The van der Waals surface area contributed by atoms with Crippen LogP contribution in [0.3, 0.4) is 0 Å². The Bertz CT molecular complexity index is 414. The summed E-state index contributed by atoms with van der Waals surface area (Å²) in [6, 6.07) is 0.740. The Labute approximate surface area is 106 Å². The molecule has 1 N–H and O–H groups in total. The summed E-state index contributed by atoms with van der Waals surface area (Å²) in [5.41, 5.74) is 0. The third-order valence-electron chi connectivity index (χ3n) is 4.97. The Kier molecular flexibility index (Phi) is 2.23. The van der Waals surface area contributed by atoms with Crippen LogP contribution in [0.1, 0.15) is 38.4 Å². The number of nitrogens with zero attached hydrogens (tertiary/aromatic N) is 2. The second kappa shape index (κ2) is 3.67. The van der Waals surface area contributed by atoms with Crippen LogP contribution in [0, 0.1) is 23.7 Å². The summed E-state index contributed by atoms with van der Waals surface area (Å²) < 4.78 is 4.40. The fraction of sp³-hybridized carbons (Fsp3) is 0.846. The van der Waals surface area contributed by atoms with Gasteiger partial charge >= 0.3 is 0 Å². The van der Waals surface area contributed by atoms with E-state index in [9.17, 15) is 0 Å². The Balaban J connectivity index is 1.42. The van der Waals surface area contributed by atoms with Crippen LogP contribution in [0.25, 0.3) is 0 Å². The Morgan fingerprint density at radius 2 is 2.06 bits per heavy atom. The fourth-order valence-electron chi connectivity index (χ4n) is 4.30. The van der Waals surface area contributed by atoms with Crippen LogP contribution in [0.5, 0.6) is 0 Å². The van der Waals surface area contributed by atoms with Crippen molar-refractivity contribution < 1.29 is 0 Å². The molecule has 3 saturated carbocycles. The van der Waals surface area contributed by atoms with Crippen LogP contribution in [0.15, 0.2) is 0 Å². The Hall–Kier alpha value is -0.640. The molecule has 4 heteroatoms. The maximum Gasteiger partial charge on any atom is 0.202 e. The average Bonchev–Trinajstić information content (AvgIpc) is 2.76. The molecule has 2 bridgehead atoms. The van der Waals surface area contributed by atoms with Crippen molar-refractivity contribution in [2.75, 3.05) is 5.32 Å². The maximum absolute atomic E-state index is 4.57. The van der Waals surface area contributed by atoms with Crippen LogP contribution in [0.2, 0.25) is 0 Å². The van der Waals surface area contributed by atoms with Gasteiger partial charge in [0.1, 0.15) is 5.82 Å². The van der Waals surface area contributed by atoms with Gasteiger partial charge in [-0.1, -0.05) is 6.92 Å². The number of nitrogens with one attached hydrogen (secondary N) is 1. The van der Waals surface area contributed by atoms with E-state index in [1.807, 2.05) is 0 Å². The summed E-state index contributed by atoms with van der Waals surface area (Å²) in [7, 11) is 0. The number of rotatable bonds is 4. The maximum atomic E-state index is 4.57. The van der Waals surface area contributed by atoms with Gasteiger partial charge in [-0.05, 0) is 49.4 Å². The standard InChI is InChI=1S/C13H19N3S/c1-2-3-9-14-13(17-16-9)15-12-10-7-4-5-8(6-7)11(10)12/h7-8,10-12H,2-6H2,1H3,(H,14,15,16). The van der Waals surface area contributed by atoms with Gasteiger partial charge in [-0.2, -0.15) is 4.37 Å². The summed E-state index contributed by atoms with van der Waals surface area (Å²) in [4.78, 5) is 4.57. The first kappa shape index (κ1) is 10.3. The van der Waals surface area contributed by atoms with Crippen LogP contribution in [-0.4, -0.2) is 15.4 Å². The largest absolute Gasteiger partial charge is 0.357 e. The van der Waals surface area contributed by atoms with E-state index in [0.29, 0.717) is 0 Å². The predicted molar refractivity (Wildman–Crippen MR) is 69.1 cm³/mol. The zero-order valence-corrected chi connectivity index (χ0v) is 11.0. The molecule has 0 spiro atoms. The van der Waals surface area contributed by atoms with Gasteiger partial charge in [0, 0.05) is 24.0 Å². The topological polar surface area (TPSA) is 37.8 Å². The average molecular weight is 249 g/mol. The molecule has 3 fully saturated rings. The van der Waals surface area contributed by atoms with Crippen molar-refractivity contribution in [2.45, 2.75) is 45.1 Å². The van der Waals surface area contributed by atoms with Gasteiger partial charge in [0.15, 0.2) is 0 Å². The van der Waals surface area contributed by atoms with E-state index in [2.05, 4.69) is 21.6 Å². The number of fused-ring (bicyclic) bond motifs is 5. The van der Waals surface area contributed by atoms with Crippen molar-refractivity contribution in [2.24, 2.45) is 23.7 Å². The Morgan fingerprint density at radius 3 is 2.76 bits per heavy atom. The number of hydrogen-bond acceptors (Lipinski definition) is 4. The zero-order valence-electron chi connectivity index (χ0n) is 10.2. The minimum atomic E-state index is 0.740. The van der Waals surface area contributed by atoms with Crippen LogP contribution >= 0.6 is 11.5 Å². The molecule has 3 nitrogen and oxygen atoms in total. The van der Waals surface area contributed by atoms with Crippen molar-refractivity contribution in [3.05, 3.63) is 5.82 Å². The quantitative estimate of drug-likeness (QED) is 0.891. The molecular formula is C13H19N3S. The smallest absolute Gasteiger partial charge is 0.202 e. The summed E-state index contributed by atoms with van der Waals surface area (Å²) in [5, 5.41) is 4.70. The molecule has 1 heterocycles. The first-order valence-corrected chi connectivity index (χ1v) is 7.73. The lowest BCUT2D eigenvalue weighted by Gasteiger charge is -2.08. The van der Waals surface area contributed by atoms with Gasteiger partial charge in [0.05, 0.1) is 0 Å². The summed E-state index contributed by atoms with van der Waals surface area (Å²) in [6.07, 6.45) is 6.64. The van der Waals surface area contributed by atoms with Gasteiger partial charge in [-0.25, -0.2) is 4.98 Å². The third-order valence-corrected chi connectivity index (χ3v) is 5.65. The molecule has 1 aromatic rings. The first-order chi connectivity index (χ1) is 8.36. The highest BCUT2D eigenvalue weighted by atomic mass is 32.1. The van der Waals surface area contributed by atoms with Crippen molar-refractivity contribution in [1.82, 2.24) is 9.36 Å².